The largest absolute Gasteiger partial charge is 0.466 e. The maximum atomic E-state index is 11.9. The Balaban J connectivity index is 0.00000341. The van der Waals surface area contributed by atoms with Crippen LogP contribution < -0.4 is 5.32 Å². The topological polar surface area (TPSA) is 84.6 Å². The number of carbonyl (C=O) groups excluding carboxylic acids is 1. The first-order valence-electron chi connectivity index (χ1n) is 11.3. The minimum Gasteiger partial charge on any atom is -0.466 e. The molecular formula is C21H37IN6O2S. The van der Waals surface area contributed by atoms with Gasteiger partial charge in [0.25, 0.3) is 0 Å². The lowest BCUT2D eigenvalue weighted by molar-refractivity contribution is -0.149. The summed E-state index contributed by atoms with van der Waals surface area (Å²) >= 11 is 1.69. The van der Waals surface area contributed by atoms with E-state index in [1.807, 2.05) is 14.0 Å². The van der Waals surface area contributed by atoms with Gasteiger partial charge >= 0.3 is 5.97 Å². The van der Waals surface area contributed by atoms with Crippen LogP contribution in [0, 0.1) is 5.92 Å². The summed E-state index contributed by atoms with van der Waals surface area (Å²) in [7, 11) is 1.82. The minimum absolute atomic E-state index is 0. The molecule has 1 aromatic rings. The predicted octanol–water partition coefficient (Wildman–Crippen LogP) is 3.52. The third-order valence-electron chi connectivity index (χ3n) is 6.09. The van der Waals surface area contributed by atoms with Gasteiger partial charge in [0.1, 0.15) is 5.82 Å². The van der Waals surface area contributed by atoms with Crippen molar-refractivity contribution in [1.82, 2.24) is 25.0 Å². The number of esters is 1. The molecule has 1 saturated heterocycles. The van der Waals surface area contributed by atoms with Crippen LogP contribution in [0.4, 0.5) is 0 Å². The molecule has 2 heterocycles. The Kier molecular flexibility index (Phi) is 11.4. The molecule has 8 nitrogen and oxygen atoms in total. The van der Waals surface area contributed by atoms with Crippen LogP contribution in [0.15, 0.2) is 10.1 Å². The fourth-order valence-electron chi connectivity index (χ4n) is 4.51. The second-order valence-electron chi connectivity index (χ2n) is 8.00. The summed E-state index contributed by atoms with van der Waals surface area (Å²) in [6.07, 6.45) is 10.7. The van der Waals surface area contributed by atoms with Crippen molar-refractivity contribution >= 4 is 47.7 Å². The molecule has 0 radical (unpaired) electrons. The minimum atomic E-state index is -0.0592. The van der Waals surface area contributed by atoms with Gasteiger partial charge in [0.15, 0.2) is 11.1 Å². The SMILES string of the molecule is CCOC(=O)C1CCN(C(=NC)NCCCc2nnc(SC)n2C2CCCC2)CC1.I. The molecule has 31 heavy (non-hydrogen) atoms. The number of carbonyl (C=O) groups is 1. The second kappa shape index (κ2) is 13.5. The number of ether oxygens (including phenoxy) is 1. The first-order valence-corrected chi connectivity index (χ1v) is 12.5. The van der Waals surface area contributed by atoms with E-state index in [1.54, 1.807) is 11.8 Å². The zero-order chi connectivity index (χ0) is 21.3. The lowest BCUT2D eigenvalue weighted by Crippen LogP contribution is -2.47. The van der Waals surface area contributed by atoms with E-state index in [4.69, 9.17) is 4.74 Å². The van der Waals surface area contributed by atoms with E-state index in [0.29, 0.717) is 12.6 Å². The zero-order valence-electron chi connectivity index (χ0n) is 19.0. The van der Waals surface area contributed by atoms with Gasteiger partial charge in [0.05, 0.1) is 12.5 Å². The van der Waals surface area contributed by atoms with Gasteiger partial charge in [0.2, 0.25) is 0 Å². The van der Waals surface area contributed by atoms with Crippen LogP contribution >= 0.6 is 35.7 Å². The standard InChI is InChI=1S/C21H36N6O2S.HI/c1-4-29-19(28)16-11-14-26(15-12-16)20(22-2)23-13-7-10-18-24-25-21(30-3)27(18)17-8-5-6-9-17;/h16-17H,4-15H2,1-3H3,(H,22,23);1H. The highest BCUT2D eigenvalue weighted by molar-refractivity contribution is 14.0. The Labute approximate surface area is 207 Å². The summed E-state index contributed by atoms with van der Waals surface area (Å²) < 4.78 is 7.54. The number of aromatic nitrogens is 3. The first kappa shape index (κ1) is 26.2. The van der Waals surface area contributed by atoms with Gasteiger partial charge < -0.3 is 19.5 Å². The van der Waals surface area contributed by atoms with E-state index >= 15 is 0 Å². The lowest BCUT2D eigenvalue weighted by atomic mass is 9.97. The summed E-state index contributed by atoms with van der Waals surface area (Å²) in [6, 6.07) is 0.568. The number of rotatable bonds is 8. The maximum Gasteiger partial charge on any atom is 0.309 e. The van der Waals surface area contributed by atoms with Crippen molar-refractivity contribution in [3.63, 3.8) is 0 Å². The summed E-state index contributed by atoms with van der Waals surface area (Å²) in [5, 5.41) is 13.4. The zero-order valence-corrected chi connectivity index (χ0v) is 22.2. The van der Waals surface area contributed by atoms with E-state index in [1.165, 1.54) is 25.7 Å². The number of nitrogens with one attached hydrogen (secondary N) is 1. The summed E-state index contributed by atoms with van der Waals surface area (Å²) in [5.74, 6) is 1.99. The predicted molar refractivity (Wildman–Crippen MR) is 135 cm³/mol. The van der Waals surface area contributed by atoms with Crippen molar-refractivity contribution in [3.05, 3.63) is 5.82 Å². The highest BCUT2D eigenvalue weighted by Crippen LogP contribution is 2.33. The lowest BCUT2D eigenvalue weighted by Gasteiger charge is -2.33. The van der Waals surface area contributed by atoms with Crippen LogP contribution in [-0.4, -0.2) is 71.1 Å². The Hall–Kier alpha value is -1.04. The fourth-order valence-corrected chi connectivity index (χ4v) is 5.09. The molecule has 176 valence electrons. The molecule has 1 aliphatic carbocycles. The molecule has 0 aromatic carbocycles. The summed E-state index contributed by atoms with van der Waals surface area (Å²) in [4.78, 5) is 18.6. The van der Waals surface area contributed by atoms with Crippen LogP contribution in [0.3, 0.4) is 0 Å². The number of aliphatic imine (C=N–C) groups is 1. The quantitative estimate of drug-likeness (QED) is 0.129. The van der Waals surface area contributed by atoms with Crippen LogP contribution in [0.2, 0.25) is 0 Å². The molecule has 1 saturated carbocycles. The van der Waals surface area contributed by atoms with Crippen molar-refractivity contribution < 1.29 is 9.53 Å². The first-order chi connectivity index (χ1) is 14.7. The molecular weight excluding hydrogens is 527 g/mol. The van der Waals surface area contributed by atoms with Gasteiger partial charge in [-0.2, -0.15) is 0 Å². The monoisotopic (exact) mass is 564 g/mol. The molecule has 1 aromatic heterocycles. The molecule has 0 spiro atoms. The Morgan fingerprint density at radius 2 is 1.94 bits per heavy atom. The molecule has 0 atom stereocenters. The van der Waals surface area contributed by atoms with Crippen LogP contribution in [-0.2, 0) is 16.0 Å². The molecule has 10 heteroatoms. The van der Waals surface area contributed by atoms with E-state index in [-0.39, 0.29) is 35.9 Å². The van der Waals surface area contributed by atoms with Gasteiger partial charge in [0, 0.05) is 39.1 Å². The second-order valence-corrected chi connectivity index (χ2v) is 8.78. The number of piperidine rings is 1. The summed E-state index contributed by atoms with van der Waals surface area (Å²) in [5.41, 5.74) is 0. The number of hydrogen-bond donors (Lipinski definition) is 1. The summed E-state index contributed by atoms with van der Waals surface area (Å²) in [6.45, 7) is 4.81. The molecule has 2 aliphatic rings. The van der Waals surface area contributed by atoms with Gasteiger partial charge in [-0.15, -0.1) is 34.2 Å². The number of thioether (sulfide) groups is 1. The Morgan fingerprint density at radius 3 is 2.55 bits per heavy atom. The van der Waals surface area contributed by atoms with Gasteiger partial charge in [-0.3, -0.25) is 9.79 Å². The van der Waals surface area contributed by atoms with Crippen molar-refractivity contribution in [2.24, 2.45) is 10.9 Å². The number of aryl methyl sites for hydroxylation is 1. The van der Waals surface area contributed by atoms with E-state index in [2.05, 4.69) is 36.2 Å². The molecule has 2 fully saturated rings. The fraction of sp³-hybridized carbons (Fsp3) is 0.810. The van der Waals surface area contributed by atoms with Crippen molar-refractivity contribution in [2.75, 3.05) is 39.5 Å². The van der Waals surface area contributed by atoms with Crippen molar-refractivity contribution in [2.45, 2.75) is 69.5 Å². The third-order valence-corrected chi connectivity index (χ3v) is 6.74. The van der Waals surface area contributed by atoms with Gasteiger partial charge in [-0.1, -0.05) is 24.6 Å². The number of likely N-dealkylation sites (tertiary alicyclic amines) is 1. The number of halogens is 1. The highest BCUT2D eigenvalue weighted by atomic mass is 127. The highest BCUT2D eigenvalue weighted by Gasteiger charge is 2.27. The molecule has 0 unspecified atom stereocenters. The van der Waals surface area contributed by atoms with Crippen LogP contribution in [0.5, 0.6) is 0 Å². The van der Waals surface area contributed by atoms with Crippen molar-refractivity contribution in [1.29, 1.82) is 0 Å². The van der Waals surface area contributed by atoms with E-state index in [0.717, 1.165) is 62.3 Å². The third kappa shape index (κ3) is 6.97. The molecule has 0 bridgehead atoms. The Bertz CT molecular complexity index is 715. The number of hydrogen-bond acceptors (Lipinski definition) is 6. The molecule has 1 N–H and O–H groups in total. The maximum absolute atomic E-state index is 11.9. The average molecular weight is 565 g/mol. The molecule has 1 aliphatic heterocycles. The smallest absolute Gasteiger partial charge is 0.309 e. The van der Waals surface area contributed by atoms with Crippen molar-refractivity contribution in [3.8, 4) is 0 Å². The normalized spacial score (nSPS) is 18.2. The van der Waals surface area contributed by atoms with Gasteiger partial charge in [-0.25, -0.2) is 0 Å². The number of guanidine groups is 1. The average Bonchev–Trinajstić information content (AvgIpc) is 3.43. The van der Waals surface area contributed by atoms with Crippen LogP contribution in [0.25, 0.3) is 0 Å². The Morgan fingerprint density at radius 1 is 1.23 bits per heavy atom. The van der Waals surface area contributed by atoms with E-state index < -0.39 is 0 Å². The molecule has 3 rings (SSSR count). The van der Waals surface area contributed by atoms with Gasteiger partial charge in [-0.05, 0) is 45.3 Å². The molecule has 0 amide bonds. The van der Waals surface area contributed by atoms with E-state index in [9.17, 15) is 4.79 Å². The number of nitrogens with zero attached hydrogens (tertiary/aromatic N) is 5. The van der Waals surface area contributed by atoms with Crippen LogP contribution in [0.1, 0.15) is 63.7 Å².